The molecule has 3 N–H and O–H groups in total. The summed E-state index contributed by atoms with van der Waals surface area (Å²) in [5.74, 6) is 4.02. The van der Waals surface area contributed by atoms with Crippen LogP contribution in [0.25, 0.3) is 10.9 Å². The summed E-state index contributed by atoms with van der Waals surface area (Å²) < 4.78 is 12.0. The molecule has 12 nitrogen and oxygen atoms in total. The SMILES string of the molecule is COc1cc2ncnc(NCc3cccc(NC(=O)NC4CCCCC4)c3)c2cc1OCCCCCCN1CCC(CN2CCN(c3ccccn3)CC2)CC1. The molecule has 2 amide bonds. The van der Waals surface area contributed by atoms with Gasteiger partial charge in [-0.1, -0.05) is 50.3 Å². The molecule has 2 aliphatic heterocycles. The smallest absolute Gasteiger partial charge is 0.319 e. The highest BCUT2D eigenvalue weighted by molar-refractivity contribution is 5.92. The second-order valence-corrected chi connectivity index (χ2v) is 15.8. The molecule has 0 bridgehead atoms. The van der Waals surface area contributed by atoms with Crippen molar-refractivity contribution in [3.05, 3.63) is 72.7 Å². The van der Waals surface area contributed by atoms with Crippen LogP contribution in [0.4, 0.5) is 22.1 Å². The molecule has 4 aromatic rings. The second kappa shape index (κ2) is 20.5. The van der Waals surface area contributed by atoms with E-state index in [9.17, 15) is 4.79 Å². The Morgan fingerprint density at radius 3 is 2.45 bits per heavy atom. The molecule has 0 atom stereocenters. The van der Waals surface area contributed by atoms with Crippen molar-refractivity contribution in [3.63, 3.8) is 0 Å². The molecule has 3 aliphatic rings. The third-order valence-electron chi connectivity index (χ3n) is 11.7. The van der Waals surface area contributed by atoms with Crippen molar-refractivity contribution in [2.75, 3.05) is 81.6 Å². The molecule has 0 spiro atoms. The molecule has 3 fully saturated rings. The number of piperidine rings is 1. The molecule has 0 radical (unpaired) electrons. The van der Waals surface area contributed by atoms with Gasteiger partial charge in [0.2, 0.25) is 0 Å². The quantitative estimate of drug-likeness (QED) is 0.0930. The highest BCUT2D eigenvalue weighted by Crippen LogP contribution is 2.34. The molecule has 56 heavy (non-hydrogen) atoms. The van der Waals surface area contributed by atoms with Crippen molar-refractivity contribution >= 4 is 34.3 Å². The summed E-state index contributed by atoms with van der Waals surface area (Å²) in [6.45, 7) is 10.5. The molecule has 2 aromatic carbocycles. The Hall–Kier alpha value is -4.68. The lowest BCUT2D eigenvalue weighted by Crippen LogP contribution is -2.49. The van der Waals surface area contributed by atoms with Crippen LogP contribution in [0.5, 0.6) is 11.5 Å². The first-order valence-corrected chi connectivity index (χ1v) is 21.1. The van der Waals surface area contributed by atoms with Crippen molar-refractivity contribution in [1.29, 1.82) is 0 Å². The predicted octanol–water partition coefficient (Wildman–Crippen LogP) is 7.57. The number of anilines is 3. The van der Waals surface area contributed by atoms with Crippen LogP contribution in [0, 0.1) is 5.92 Å². The maximum Gasteiger partial charge on any atom is 0.319 e. The molecular weight excluding hydrogens is 703 g/mol. The van der Waals surface area contributed by atoms with Crippen LogP contribution in [0.15, 0.2) is 67.1 Å². The minimum Gasteiger partial charge on any atom is -0.493 e. The fourth-order valence-corrected chi connectivity index (χ4v) is 8.45. The molecule has 4 heterocycles. The number of aromatic nitrogens is 3. The van der Waals surface area contributed by atoms with Gasteiger partial charge in [0.05, 0.1) is 19.2 Å². The van der Waals surface area contributed by atoms with Gasteiger partial charge in [-0.2, -0.15) is 0 Å². The number of nitrogens with zero attached hydrogens (tertiary/aromatic N) is 6. The van der Waals surface area contributed by atoms with Crippen molar-refractivity contribution in [3.8, 4) is 11.5 Å². The fraction of sp³-hybridized carbons (Fsp3) is 0.545. The third kappa shape index (κ3) is 11.4. The molecule has 12 heteroatoms. The number of hydrogen-bond donors (Lipinski definition) is 3. The highest BCUT2D eigenvalue weighted by Gasteiger charge is 2.24. The number of amides is 2. The third-order valence-corrected chi connectivity index (χ3v) is 11.7. The van der Waals surface area contributed by atoms with Crippen LogP contribution in [-0.4, -0.2) is 103 Å². The molecule has 2 aromatic heterocycles. The molecule has 300 valence electrons. The summed E-state index contributed by atoms with van der Waals surface area (Å²) in [7, 11) is 1.67. The van der Waals surface area contributed by atoms with E-state index in [1.165, 1.54) is 71.1 Å². The highest BCUT2D eigenvalue weighted by atomic mass is 16.5. The molecule has 2 saturated heterocycles. The maximum atomic E-state index is 12.6. The summed E-state index contributed by atoms with van der Waals surface area (Å²) in [5.41, 5.74) is 2.58. The van der Waals surface area contributed by atoms with Gasteiger partial charge in [-0.25, -0.2) is 19.7 Å². The van der Waals surface area contributed by atoms with E-state index >= 15 is 0 Å². The van der Waals surface area contributed by atoms with Gasteiger partial charge in [-0.05, 0) is 100.0 Å². The zero-order valence-electron chi connectivity index (χ0n) is 33.3. The number of rotatable bonds is 17. The van der Waals surface area contributed by atoms with E-state index in [4.69, 9.17) is 9.47 Å². The summed E-state index contributed by atoms with van der Waals surface area (Å²) >= 11 is 0. The number of fused-ring (bicyclic) bond motifs is 1. The fourth-order valence-electron chi connectivity index (χ4n) is 8.45. The van der Waals surface area contributed by atoms with Crippen LogP contribution in [0.1, 0.15) is 76.2 Å². The van der Waals surface area contributed by atoms with E-state index < -0.39 is 0 Å². The largest absolute Gasteiger partial charge is 0.493 e. The van der Waals surface area contributed by atoms with Crippen molar-refractivity contribution in [2.24, 2.45) is 5.92 Å². The Morgan fingerprint density at radius 1 is 0.804 bits per heavy atom. The summed E-state index contributed by atoms with van der Waals surface area (Å²) in [6, 6.07) is 18.1. The minimum atomic E-state index is -0.143. The molecule has 0 unspecified atom stereocenters. The Labute approximate surface area is 332 Å². The number of unbranched alkanes of at least 4 members (excludes halogenated alkanes) is 3. The maximum absolute atomic E-state index is 12.6. The lowest BCUT2D eigenvalue weighted by atomic mass is 9.95. The number of piperazine rings is 1. The predicted molar refractivity (Wildman–Crippen MR) is 225 cm³/mol. The van der Waals surface area contributed by atoms with Crippen molar-refractivity contribution in [1.82, 2.24) is 30.1 Å². The normalized spacial score (nSPS) is 17.5. The number of methoxy groups -OCH3 is 1. The van der Waals surface area contributed by atoms with E-state index in [0.29, 0.717) is 24.7 Å². The Kier molecular flexibility index (Phi) is 14.5. The summed E-state index contributed by atoms with van der Waals surface area (Å²) in [5, 5.41) is 10.5. The van der Waals surface area contributed by atoms with Gasteiger partial charge >= 0.3 is 6.03 Å². The van der Waals surface area contributed by atoms with Gasteiger partial charge in [-0.15, -0.1) is 0 Å². The molecular formula is C44H61N9O3. The number of likely N-dealkylation sites (tertiary alicyclic amines) is 1. The Bertz CT molecular complexity index is 1810. The average molecular weight is 764 g/mol. The van der Waals surface area contributed by atoms with E-state index in [1.54, 1.807) is 13.4 Å². The summed E-state index contributed by atoms with van der Waals surface area (Å²) in [4.78, 5) is 34.0. The number of urea groups is 1. The van der Waals surface area contributed by atoms with Crippen molar-refractivity contribution in [2.45, 2.75) is 83.2 Å². The number of nitrogens with one attached hydrogen (secondary N) is 3. The van der Waals surface area contributed by atoms with Gasteiger partial charge < -0.3 is 35.2 Å². The van der Waals surface area contributed by atoms with Gasteiger partial charge in [0.25, 0.3) is 0 Å². The molecule has 7 rings (SSSR count). The Morgan fingerprint density at radius 2 is 1.64 bits per heavy atom. The number of pyridine rings is 1. The standard InChI is InChI=1S/C44H61N9O3/c1-55-40-30-39-38(43(48-33-47-39)46-31-35-12-11-15-37(28-35)50-44(54)49-36-13-5-4-6-14-36)29-41(40)56-27-10-3-2-9-20-51-21-17-34(18-22-51)32-52-23-25-53(26-24-52)42-16-7-8-19-45-42/h7-8,11-12,15-16,19,28-30,33-34,36H,2-6,9-10,13-14,17-18,20-27,31-32H2,1H3,(H,46,47,48)(H2,49,50,54). The minimum absolute atomic E-state index is 0.143. The molecule has 1 saturated carbocycles. The first kappa shape index (κ1) is 39.6. The number of carbonyl (C=O) groups excluding carboxylic acids is 1. The van der Waals surface area contributed by atoms with Gasteiger partial charge in [0, 0.05) is 68.6 Å². The lowest BCUT2D eigenvalue weighted by molar-refractivity contribution is 0.138. The van der Waals surface area contributed by atoms with Gasteiger partial charge in [-0.3, -0.25) is 4.90 Å². The van der Waals surface area contributed by atoms with Crippen LogP contribution in [0.2, 0.25) is 0 Å². The lowest BCUT2D eigenvalue weighted by Gasteiger charge is -2.39. The molecule has 1 aliphatic carbocycles. The van der Waals surface area contributed by atoms with E-state index in [1.807, 2.05) is 48.7 Å². The van der Waals surface area contributed by atoms with Crippen LogP contribution in [0.3, 0.4) is 0 Å². The number of benzene rings is 2. The second-order valence-electron chi connectivity index (χ2n) is 15.8. The van der Waals surface area contributed by atoms with Crippen molar-refractivity contribution < 1.29 is 14.3 Å². The first-order chi connectivity index (χ1) is 27.6. The van der Waals surface area contributed by atoms with Gasteiger partial charge in [0.15, 0.2) is 11.5 Å². The van der Waals surface area contributed by atoms with E-state index in [-0.39, 0.29) is 12.1 Å². The number of hydrogen-bond acceptors (Lipinski definition) is 10. The Balaban J connectivity index is 0.798. The average Bonchev–Trinajstić information content (AvgIpc) is 3.24. The van der Waals surface area contributed by atoms with Crippen LogP contribution >= 0.6 is 0 Å². The first-order valence-electron chi connectivity index (χ1n) is 21.1. The topological polar surface area (TPSA) is 120 Å². The van der Waals surface area contributed by atoms with Gasteiger partial charge in [0.1, 0.15) is 18.0 Å². The van der Waals surface area contributed by atoms with Crippen LogP contribution < -0.4 is 30.3 Å². The zero-order chi connectivity index (χ0) is 38.4. The van der Waals surface area contributed by atoms with E-state index in [2.05, 4.69) is 57.7 Å². The monoisotopic (exact) mass is 763 g/mol. The number of ether oxygens (including phenoxy) is 2. The number of carbonyl (C=O) groups is 1. The zero-order valence-corrected chi connectivity index (χ0v) is 33.3. The van der Waals surface area contributed by atoms with Crippen LogP contribution in [-0.2, 0) is 6.54 Å². The van der Waals surface area contributed by atoms with E-state index in [0.717, 1.165) is 91.6 Å². The summed E-state index contributed by atoms with van der Waals surface area (Å²) in [6.07, 6.45) is 16.4.